The lowest BCUT2D eigenvalue weighted by Gasteiger charge is -2.25. The number of amides is 1. The first-order valence-corrected chi connectivity index (χ1v) is 8.81. The molecule has 2 N–H and O–H groups in total. The summed E-state index contributed by atoms with van der Waals surface area (Å²) in [5.41, 5.74) is 7.74. The Bertz CT molecular complexity index is 844. The van der Waals surface area contributed by atoms with E-state index in [2.05, 4.69) is 0 Å². The number of hydrogen-bond acceptors (Lipinski definition) is 3. The molecule has 0 saturated heterocycles. The molecule has 0 radical (unpaired) electrons. The highest BCUT2D eigenvalue weighted by molar-refractivity contribution is 7.89. The van der Waals surface area contributed by atoms with Crippen molar-refractivity contribution in [2.24, 2.45) is 5.73 Å². The van der Waals surface area contributed by atoms with Gasteiger partial charge in [0.2, 0.25) is 15.9 Å². The summed E-state index contributed by atoms with van der Waals surface area (Å²) in [5, 5.41) is 0. The van der Waals surface area contributed by atoms with Crippen molar-refractivity contribution in [1.29, 1.82) is 0 Å². The van der Waals surface area contributed by atoms with Crippen LogP contribution in [-0.4, -0.2) is 25.7 Å². The molecule has 1 aliphatic rings. The van der Waals surface area contributed by atoms with E-state index in [4.69, 9.17) is 5.73 Å². The number of aryl methyl sites for hydroxylation is 1. The smallest absolute Gasteiger partial charge is 0.248 e. The number of carbonyl (C=O) groups excluding carboxylic acids is 1. The molecule has 1 atom stereocenters. The molecule has 0 saturated carbocycles. The number of fused-ring (bicyclic) bond motifs is 1. The van der Waals surface area contributed by atoms with E-state index in [1.54, 1.807) is 7.05 Å². The van der Waals surface area contributed by atoms with E-state index in [0.29, 0.717) is 0 Å². The van der Waals surface area contributed by atoms with Gasteiger partial charge in [0, 0.05) is 12.6 Å². The van der Waals surface area contributed by atoms with E-state index in [-0.39, 0.29) is 16.5 Å². The molecule has 6 heteroatoms. The highest BCUT2D eigenvalue weighted by Crippen LogP contribution is 2.37. The minimum Gasteiger partial charge on any atom is -0.366 e. The predicted octanol–water partition coefficient (Wildman–Crippen LogP) is 2.09. The van der Waals surface area contributed by atoms with Crippen molar-refractivity contribution in [3.05, 3.63) is 65.2 Å². The molecule has 2 aromatic rings. The Morgan fingerprint density at radius 2 is 1.78 bits per heavy atom. The zero-order valence-electron chi connectivity index (χ0n) is 12.8. The van der Waals surface area contributed by atoms with Gasteiger partial charge in [-0.1, -0.05) is 24.3 Å². The molecule has 1 unspecified atom stereocenters. The van der Waals surface area contributed by atoms with Gasteiger partial charge in [-0.25, -0.2) is 8.42 Å². The summed E-state index contributed by atoms with van der Waals surface area (Å²) < 4.78 is 27.1. The number of rotatable bonds is 4. The van der Waals surface area contributed by atoms with Crippen molar-refractivity contribution in [1.82, 2.24) is 4.31 Å². The minimum absolute atomic E-state index is 0.160. The van der Waals surface area contributed by atoms with Crippen LogP contribution in [0.2, 0.25) is 0 Å². The van der Waals surface area contributed by atoms with Crippen molar-refractivity contribution in [2.45, 2.75) is 23.8 Å². The maximum atomic E-state index is 12.8. The molecule has 120 valence electrons. The van der Waals surface area contributed by atoms with Crippen molar-refractivity contribution in [2.75, 3.05) is 7.05 Å². The van der Waals surface area contributed by atoms with E-state index < -0.39 is 15.9 Å². The zero-order chi connectivity index (χ0) is 16.6. The van der Waals surface area contributed by atoms with Gasteiger partial charge >= 0.3 is 0 Å². The van der Waals surface area contributed by atoms with Crippen LogP contribution in [0.4, 0.5) is 0 Å². The van der Waals surface area contributed by atoms with E-state index in [0.717, 1.165) is 18.4 Å². The van der Waals surface area contributed by atoms with Gasteiger partial charge in [0.25, 0.3) is 0 Å². The first kappa shape index (κ1) is 15.7. The number of nitrogens with two attached hydrogens (primary N) is 1. The van der Waals surface area contributed by atoms with Crippen molar-refractivity contribution in [3.8, 4) is 0 Å². The van der Waals surface area contributed by atoms with Crippen LogP contribution in [0, 0.1) is 0 Å². The van der Waals surface area contributed by atoms with Gasteiger partial charge in [0.15, 0.2) is 0 Å². The van der Waals surface area contributed by atoms with Crippen LogP contribution in [0.1, 0.15) is 33.9 Å². The Kier molecular flexibility index (Phi) is 3.95. The molecule has 5 nitrogen and oxygen atoms in total. The van der Waals surface area contributed by atoms with Gasteiger partial charge < -0.3 is 5.73 Å². The second kappa shape index (κ2) is 5.79. The summed E-state index contributed by atoms with van der Waals surface area (Å²) in [7, 11) is -2.03. The number of benzene rings is 2. The lowest BCUT2D eigenvalue weighted by atomic mass is 10.1. The topological polar surface area (TPSA) is 80.5 Å². The third-order valence-corrected chi connectivity index (χ3v) is 6.24. The summed E-state index contributed by atoms with van der Waals surface area (Å²) in [5.74, 6) is -0.577. The fraction of sp³-hybridized carbons (Fsp3) is 0.235. The second-order valence-electron chi connectivity index (χ2n) is 5.66. The number of carbonyl (C=O) groups is 1. The lowest BCUT2D eigenvalue weighted by Crippen LogP contribution is -2.30. The highest BCUT2D eigenvalue weighted by atomic mass is 32.2. The first-order valence-electron chi connectivity index (χ1n) is 7.37. The molecular formula is C17H18N2O3S. The Labute approximate surface area is 135 Å². The Morgan fingerprint density at radius 3 is 2.43 bits per heavy atom. The van der Waals surface area contributed by atoms with Crippen LogP contribution in [0.3, 0.4) is 0 Å². The molecule has 2 aromatic carbocycles. The van der Waals surface area contributed by atoms with Crippen LogP contribution in [0.5, 0.6) is 0 Å². The summed E-state index contributed by atoms with van der Waals surface area (Å²) in [4.78, 5) is 11.3. The van der Waals surface area contributed by atoms with E-state index >= 15 is 0 Å². The number of nitrogens with zero attached hydrogens (tertiary/aromatic N) is 1. The maximum absolute atomic E-state index is 12.8. The molecule has 23 heavy (non-hydrogen) atoms. The highest BCUT2D eigenvalue weighted by Gasteiger charge is 2.33. The quantitative estimate of drug-likeness (QED) is 0.932. The minimum atomic E-state index is -3.63. The van der Waals surface area contributed by atoms with E-state index in [1.165, 1.54) is 34.1 Å². The number of sulfonamides is 1. The van der Waals surface area contributed by atoms with Crippen molar-refractivity contribution >= 4 is 15.9 Å². The van der Waals surface area contributed by atoms with Crippen LogP contribution < -0.4 is 5.73 Å². The van der Waals surface area contributed by atoms with Crippen LogP contribution in [0.15, 0.2) is 53.4 Å². The average Bonchev–Trinajstić information content (AvgIpc) is 2.98. The standard InChI is InChI=1S/C17H18N2O3S/c1-19(16-11-8-12-4-2-3-5-15(12)16)23(21,22)14-9-6-13(7-10-14)17(18)20/h2-7,9-10,16H,8,11H2,1H3,(H2,18,20). The molecule has 0 bridgehead atoms. The molecule has 0 aliphatic heterocycles. The fourth-order valence-electron chi connectivity index (χ4n) is 3.04. The average molecular weight is 330 g/mol. The maximum Gasteiger partial charge on any atom is 0.248 e. The van der Waals surface area contributed by atoms with Crippen LogP contribution in [-0.2, 0) is 16.4 Å². The third-order valence-electron chi connectivity index (χ3n) is 4.36. The summed E-state index contributed by atoms with van der Waals surface area (Å²) in [6, 6.07) is 13.5. The molecule has 0 spiro atoms. The Hall–Kier alpha value is -2.18. The largest absolute Gasteiger partial charge is 0.366 e. The molecule has 3 rings (SSSR count). The Balaban J connectivity index is 1.92. The van der Waals surface area contributed by atoms with Gasteiger partial charge in [0.05, 0.1) is 10.9 Å². The molecule has 1 aliphatic carbocycles. The van der Waals surface area contributed by atoms with Gasteiger partial charge in [-0.15, -0.1) is 0 Å². The first-order chi connectivity index (χ1) is 10.9. The monoisotopic (exact) mass is 330 g/mol. The molecule has 0 aromatic heterocycles. The van der Waals surface area contributed by atoms with E-state index in [1.807, 2.05) is 24.3 Å². The van der Waals surface area contributed by atoms with Crippen LogP contribution >= 0.6 is 0 Å². The molecule has 0 heterocycles. The molecular weight excluding hydrogens is 312 g/mol. The molecule has 1 amide bonds. The predicted molar refractivity (Wildman–Crippen MR) is 87.4 cm³/mol. The Morgan fingerprint density at radius 1 is 1.13 bits per heavy atom. The van der Waals surface area contributed by atoms with Gasteiger partial charge in [-0.05, 0) is 48.2 Å². The second-order valence-corrected chi connectivity index (χ2v) is 7.66. The molecule has 0 fully saturated rings. The SMILES string of the molecule is CN(C1CCc2ccccc21)S(=O)(=O)c1ccc(C(N)=O)cc1. The van der Waals surface area contributed by atoms with Gasteiger partial charge in [0.1, 0.15) is 0 Å². The van der Waals surface area contributed by atoms with E-state index in [9.17, 15) is 13.2 Å². The van der Waals surface area contributed by atoms with Crippen LogP contribution in [0.25, 0.3) is 0 Å². The van der Waals surface area contributed by atoms with Crippen molar-refractivity contribution in [3.63, 3.8) is 0 Å². The van der Waals surface area contributed by atoms with Crippen molar-refractivity contribution < 1.29 is 13.2 Å². The summed E-state index contributed by atoms with van der Waals surface area (Å²) in [6.07, 6.45) is 1.65. The zero-order valence-corrected chi connectivity index (χ0v) is 13.6. The third kappa shape index (κ3) is 2.75. The fourth-order valence-corrected chi connectivity index (χ4v) is 4.40. The van der Waals surface area contributed by atoms with Gasteiger partial charge in [-0.3, -0.25) is 4.79 Å². The normalized spacial score (nSPS) is 17.2. The number of hydrogen-bond donors (Lipinski definition) is 1. The number of primary amides is 1. The summed E-state index contributed by atoms with van der Waals surface area (Å²) in [6.45, 7) is 0. The lowest BCUT2D eigenvalue weighted by molar-refractivity contribution is 0.1000. The van der Waals surface area contributed by atoms with Gasteiger partial charge in [-0.2, -0.15) is 4.31 Å². The summed E-state index contributed by atoms with van der Waals surface area (Å²) >= 11 is 0.